The van der Waals surface area contributed by atoms with Crippen molar-refractivity contribution < 1.29 is 24.5 Å². The van der Waals surface area contributed by atoms with Gasteiger partial charge >= 0.3 is 6.09 Å². The van der Waals surface area contributed by atoms with Crippen LogP contribution in [-0.4, -0.2) is 34.4 Å². The van der Waals surface area contributed by atoms with Gasteiger partial charge in [-0.1, -0.05) is 12.1 Å². The maximum Gasteiger partial charge on any atom is 0.412 e. The Kier molecular flexibility index (Phi) is 6.28. The highest BCUT2D eigenvalue weighted by atomic mass is 16.6. The summed E-state index contributed by atoms with van der Waals surface area (Å²) in [6.07, 6.45) is -0.0744. The van der Waals surface area contributed by atoms with Gasteiger partial charge in [0.05, 0.1) is 5.56 Å². The van der Waals surface area contributed by atoms with Crippen LogP contribution in [0.5, 0.6) is 11.5 Å². The third-order valence-corrected chi connectivity index (χ3v) is 3.52. The van der Waals surface area contributed by atoms with Crippen molar-refractivity contribution in [3.05, 3.63) is 53.6 Å². The van der Waals surface area contributed by atoms with Crippen molar-refractivity contribution in [2.45, 2.75) is 32.8 Å². The van der Waals surface area contributed by atoms with Crippen molar-refractivity contribution in [2.75, 3.05) is 11.9 Å². The molecule has 0 saturated carbocycles. The number of phenolic OH excluding ortho intramolecular Hbond substituents is 2. The van der Waals surface area contributed by atoms with E-state index in [4.69, 9.17) is 4.74 Å². The number of hydrogen-bond donors (Lipinski definition) is 4. The molecule has 2 aromatic carbocycles. The Balaban J connectivity index is 1.96. The number of hydrogen-bond acceptors (Lipinski definition) is 5. The summed E-state index contributed by atoms with van der Waals surface area (Å²) in [4.78, 5) is 24.2. The molecule has 2 amide bonds. The summed E-state index contributed by atoms with van der Waals surface area (Å²) in [5, 5.41) is 24.5. The van der Waals surface area contributed by atoms with Crippen LogP contribution >= 0.6 is 0 Å². The quantitative estimate of drug-likeness (QED) is 0.602. The summed E-state index contributed by atoms with van der Waals surface area (Å²) >= 11 is 0. The van der Waals surface area contributed by atoms with E-state index in [1.165, 1.54) is 18.2 Å². The lowest BCUT2D eigenvalue weighted by atomic mass is 10.1. The predicted molar refractivity (Wildman–Crippen MR) is 102 cm³/mol. The Morgan fingerprint density at radius 2 is 1.70 bits per heavy atom. The minimum atomic E-state index is -0.646. The van der Waals surface area contributed by atoms with Crippen LogP contribution in [0.3, 0.4) is 0 Å². The zero-order valence-corrected chi connectivity index (χ0v) is 15.6. The van der Waals surface area contributed by atoms with Gasteiger partial charge in [0.1, 0.15) is 17.1 Å². The maximum absolute atomic E-state index is 12.3. The van der Waals surface area contributed by atoms with Gasteiger partial charge in [0.15, 0.2) is 0 Å². The molecule has 0 bridgehead atoms. The van der Waals surface area contributed by atoms with Gasteiger partial charge in [-0.3, -0.25) is 10.1 Å². The topological polar surface area (TPSA) is 108 Å². The zero-order valence-electron chi connectivity index (χ0n) is 15.6. The van der Waals surface area contributed by atoms with Crippen LogP contribution in [0.15, 0.2) is 42.5 Å². The Hall–Kier alpha value is -3.22. The van der Waals surface area contributed by atoms with Crippen LogP contribution in [0.25, 0.3) is 0 Å². The summed E-state index contributed by atoms with van der Waals surface area (Å²) < 4.78 is 5.16. The highest BCUT2D eigenvalue weighted by Gasteiger charge is 2.17. The van der Waals surface area contributed by atoms with Gasteiger partial charge in [-0.15, -0.1) is 0 Å². The van der Waals surface area contributed by atoms with Crippen LogP contribution in [0.4, 0.5) is 10.5 Å². The number of benzene rings is 2. The summed E-state index contributed by atoms with van der Waals surface area (Å²) in [6.45, 7) is 5.59. The lowest BCUT2D eigenvalue weighted by molar-refractivity contribution is 0.0635. The average Bonchev–Trinajstić information content (AvgIpc) is 2.56. The SMILES string of the molecule is CC(C)(C)OC(=O)Nc1ccc(O)c(C(=O)NCCc2ccc(O)cc2)c1. The van der Waals surface area contributed by atoms with Gasteiger partial charge in [-0.05, 0) is 63.1 Å². The van der Waals surface area contributed by atoms with E-state index in [9.17, 15) is 19.8 Å². The van der Waals surface area contributed by atoms with E-state index >= 15 is 0 Å². The highest BCUT2D eigenvalue weighted by Crippen LogP contribution is 2.22. The molecule has 0 aromatic heterocycles. The maximum atomic E-state index is 12.3. The minimum Gasteiger partial charge on any atom is -0.508 e. The fourth-order valence-corrected chi connectivity index (χ4v) is 2.30. The third-order valence-electron chi connectivity index (χ3n) is 3.52. The molecule has 2 rings (SSSR count). The highest BCUT2D eigenvalue weighted by molar-refractivity contribution is 5.98. The fraction of sp³-hybridized carbons (Fsp3) is 0.300. The van der Waals surface area contributed by atoms with E-state index in [2.05, 4.69) is 10.6 Å². The van der Waals surface area contributed by atoms with Crippen LogP contribution in [-0.2, 0) is 11.2 Å². The van der Waals surface area contributed by atoms with E-state index in [0.717, 1.165) is 5.56 Å². The van der Waals surface area contributed by atoms with E-state index < -0.39 is 17.6 Å². The molecule has 0 radical (unpaired) electrons. The number of ether oxygens (including phenoxy) is 1. The number of aromatic hydroxyl groups is 2. The average molecular weight is 372 g/mol. The number of carbonyl (C=O) groups excluding carboxylic acids is 2. The Morgan fingerprint density at radius 1 is 1.04 bits per heavy atom. The van der Waals surface area contributed by atoms with E-state index in [-0.39, 0.29) is 17.1 Å². The molecule has 144 valence electrons. The normalized spacial score (nSPS) is 10.9. The Morgan fingerprint density at radius 3 is 2.33 bits per heavy atom. The number of nitrogens with one attached hydrogen (secondary N) is 2. The lowest BCUT2D eigenvalue weighted by Crippen LogP contribution is -2.28. The summed E-state index contributed by atoms with van der Waals surface area (Å²) in [7, 11) is 0. The van der Waals surface area contributed by atoms with Crippen LogP contribution < -0.4 is 10.6 Å². The van der Waals surface area contributed by atoms with Crippen molar-refractivity contribution >= 4 is 17.7 Å². The summed E-state index contributed by atoms with van der Waals surface area (Å²) in [5.41, 5.74) is 0.702. The third kappa shape index (κ3) is 6.54. The van der Waals surface area contributed by atoms with Crippen molar-refractivity contribution in [3.63, 3.8) is 0 Å². The molecular formula is C20H24N2O5. The molecule has 0 aliphatic heterocycles. The Labute approximate surface area is 158 Å². The molecule has 0 spiro atoms. The minimum absolute atomic E-state index is 0.0502. The molecule has 7 nitrogen and oxygen atoms in total. The molecule has 0 fully saturated rings. The second-order valence-corrected chi connectivity index (χ2v) is 7.03. The number of anilines is 1. The first kappa shape index (κ1) is 20.1. The van der Waals surface area contributed by atoms with Crippen molar-refractivity contribution in [1.29, 1.82) is 0 Å². The predicted octanol–water partition coefficient (Wildman–Crippen LogP) is 3.42. The van der Waals surface area contributed by atoms with Crippen molar-refractivity contribution in [3.8, 4) is 11.5 Å². The van der Waals surface area contributed by atoms with Gasteiger partial charge < -0.3 is 20.3 Å². The van der Waals surface area contributed by atoms with Crippen molar-refractivity contribution in [1.82, 2.24) is 5.32 Å². The smallest absolute Gasteiger partial charge is 0.412 e. The Bertz CT molecular complexity index is 810. The second kappa shape index (κ2) is 8.44. The van der Waals surface area contributed by atoms with Gasteiger partial charge in [-0.2, -0.15) is 0 Å². The first-order chi connectivity index (χ1) is 12.6. The molecule has 0 heterocycles. The molecule has 0 aliphatic rings. The van der Waals surface area contributed by atoms with Crippen LogP contribution in [0, 0.1) is 0 Å². The molecule has 27 heavy (non-hydrogen) atoms. The molecule has 0 atom stereocenters. The number of phenols is 2. The zero-order chi connectivity index (χ0) is 20.0. The number of amides is 2. The van der Waals surface area contributed by atoms with Crippen LogP contribution in [0.1, 0.15) is 36.7 Å². The monoisotopic (exact) mass is 372 g/mol. The molecular weight excluding hydrogens is 348 g/mol. The largest absolute Gasteiger partial charge is 0.508 e. The molecule has 0 aliphatic carbocycles. The fourth-order valence-electron chi connectivity index (χ4n) is 2.30. The summed E-state index contributed by atoms with van der Waals surface area (Å²) in [5.74, 6) is -0.465. The van der Waals surface area contributed by atoms with E-state index in [1.807, 2.05) is 0 Å². The van der Waals surface area contributed by atoms with Gasteiger partial charge in [0.2, 0.25) is 0 Å². The number of rotatable bonds is 5. The molecule has 7 heteroatoms. The first-order valence-electron chi connectivity index (χ1n) is 8.53. The van der Waals surface area contributed by atoms with Gasteiger partial charge in [-0.25, -0.2) is 4.79 Å². The van der Waals surface area contributed by atoms with E-state index in [1.54, 1.807) is 45.0 Å². The van der Waals surface area contributed by atoms with Gasteiger partial charge in [0, 0.05) is 12.2 Å². The molecule has 0 unspecified atom stereocenters. The molecule has 2 aromatic rings. The standard InChI is InChI=1S/C20H24N2O5/c1-20(2,3)27-19(26)22-14-6-9-17(24)16(12-14)18(25)21-11-10-13-4-7-15(23)8-5-13/h4-9,12,23-24H,10-11H2,1-3H3,(H,21,25)(H,22,26). The molecule has 4 N–H and O–H groups in total. The van der Waals surface area contributed by atoms with Crippen molar-refractivity contribution in [2.24, 2.45) is 0 Å². The number of carbonyl (C=O) groups is 2. The second-order valence-electron chi connectivity index (χ2n) is 7.03. The van der Waals surface area contributed by atoms with Gasteiger partial charge in [0.25, 0.3) is 5.91 Å². The first-order valence-corrected chi connectivity index (χ1v) is 8.53. The lowest BCUT2D eigenvalue weighted by Gasteiger charge is -2.19. The van der Waals surface area contributed by atoms with Crippen LogP contribution in [0.2, 0.25) is 0 Å². The summed E-state index contributed by atoms with van der Waals surface area (Å²) in [6, 6.07) is 10.9. The van der Waals surface area contributed by atoms with E-state index in [0.29, 0.717) is 18.7 Å². The molecule has 0 saturated heterocycles.